The van der Waals surface area contributed by atoms with Crippen molar-refractivity contribution in [2.75, 3.05) is 13.2 Å². The number of hydrogen-bond acceptors (Lipinski definition) is 7. The predicted molar refractivity (Wildman–Crippen MR) is 134 cm³/mol. The van der Waals surface area contributed by atoms with Gasteiger partial charge in [0.25, 0.3) is 0 Å². The number of ether oxygens (including phenoxy) is 2. The third kappa shape index (κ3) is 10.1. The van der Waals surface area contributed by atoms with E-state index in [9.17, 15) is 4.79 Å². The average molecular weight is 479 g/mol. The predicted octanol–water partition coefficient (Wildman–Crippen LogP) is 5.99. The van der Waals surface area contributed by atoms with Gasteiger partial charge in [0, 0.05) is 18.0 Å². The topological polar surface area (TPSA) is 107 Å². The maximum atomic E-state index is 10.9. The average Bonchev–Trinajstić information content (AvgIpc) is 2.90. The lowest BCUT2D eigenvalue weighted by Crippen LogP contribution is -2.01. The molecule has 1 aromatic carbocycles. The lowest BCUT2D eigenvalue weighted by Gasteiger charge is -2.07. The van der Waals surface area contributed by atoms with Crippen LogP contribution in [0.15, 0.2) is 55.2 Å². The molecule has 2 heterocycles. The number of rotatable bonds is 17. The molecule has 0 aliphatic carbocycles. The van der Waals surface area contributed by atoms with Crippen LogP contribution >= 0.6 is 0 Å². The number of carboxylic acids is 1. The van der Waals surface area contributed by atoms with Gasteiger partial charge in [-0.15, -0.1) is 0 Å². The van der Waals surface area contributed by atoms with Gasteiger partial charge in [-0.2, -0.15) is 0 Å². The summed E-state index contributed by atoms with van der Waals surface area (Å²) in [7, 11) is 0. The summed E-state index contributed by atoms with van der Waals surface area (Å²) in [6, 6.07) is 7.63. The van der Waals surface area contributed by atoms with Gasteiger partial charge in [0.1, 0.15) is 5.75 Å². The van der Waals surface area contributed by atoms with Crippen molar-refractivity contribution in [1.82, 2.24) is 19.9 Å². The van der Waals surface area contributed by atoms with E-state index in [1.54, 1.807) is 18.6 Å². The highest BCUT2D eigenvalue weighted by molar-refractivity contribution is 5.85. The minimum atomic E-state index is -1.08. The molecule has 0 radical (unpaired) electrons. The van der Waals surface area contributed by atoms with Gasteiger partial charge < -0.3 is 14.6 Å². The molecule has 0 aliphatic rings. The van der Waals surface area contributed by atoms with Gasteiger partial charge in [0.15, 0.2) is 5.69 Å². The monoisotopic (exact) mass is 478 g/mol. The van der Waals surface area contributed by atoms with E-state index in [1.807, 2.05) is 24.3 Å². The molecule has 186 valence electrons. The van der Waals surface area contributed by atoms with Gasteiger partial charge in [0.05, 0.1) is 37.5 Å². The minimum Gasteiger partial charge on any atom is -0.494 e. The number of unbranched alkanes of at least 4 members (excludes halogenated alkanes) is 9. The second-order valence-corrected chi connectivity index (χ2v) is 8.39. The number of nitrogens with zero attached hydrogens (tertiary/aromatic N) is 4. The molecule has 0 aliphatic heterocycles. The summed E-state index contributed by atoms with van der Waals surface area (Å²) in [6.45, 7) is 1.42. The van der Waals surface area contributed by atoms with Crippen LogP contribution in [0.4, 0.5) is 0 Å². The lowest BCUT2D eigenvalue weighted by molar-refractivity contribution is 0.0690. The summed E-state index contributed by atoms with van der Waals surface area (Å²) in [5.74, 6) is 0.347. The SMILES string of the molecule is O=C(O)c1cnc(-c2ccc(OCCCCCCCCCCCCOc3cnccn3)cc2)cn1. The van der Waals surface area contributed by atoms with E-state index in [2.05, 4.69) is 19.9 Å². The molecule has 0 fully saturated rings. The molecule has 0 bridgehead atoms. The van der Waals surface area contributed by atoms with Gasteiger partial charge >= 0.3 is 5.97 Å². The second-order valence-electron chi connectivity index (χ2n) is 8.39. The van der Waals surface area contributed by atoms with E-state index in [0.717, 1.165) is 24.2 Å². The fraction of sp³-hybridized carbons (Fsp3) is 0.444. The molecule has 0 spiro atoms. The number of aromatic carboxylic acids is 1. The summed E-state index contributed by atoms with van der Waals surface area (Å²) in [5.41, 5.74) is 1.44. The molecular formula is C27H34N4O4. The molecule has 3 rings (SSSR count). The largest absolute Gasteiger partial charge is 0.494 e. The molecule has 3 aromatic rings. The summed E-state index contributed by atoms with van der Waals surface area (Å²) >= 11 is 0. The van der Waals surface area contributed by atoms with Crippen molar-refractivity contribution in [2.24, 2.45) is 0 Å². The van der Waals surface area contributed by atoms with Crippen molar-refractivity contribution in [3.8, 4) is 22.9 Å². The number of benzene rings is 1. The van der Waals surface area contributed by atoms with Gasteiger partial charge in [-0.1, -0.05) is 51.4 Å². The zero-order valence-corrected chi connectivity index (χ0v) is 20.1. The van der Waals surface area contributed by atoms with Crippen LogP contribution in [-0.2, 0) is 0 Å². The molecule has 1 N–H and O–H groups in total. The normalized spacial score (nSPS) is 10.7. The number of hydrogen-bond donors (Lipinski definition) is 1. The van der Waals surface area contributed by atoms with E-state index in [4.69, 9.17) is 14.6 Å². The Morgan fingerprint density at radius 2 is 1.31 bits per heavy atom. The van der Waals surface area contributed by atoms with E-state index in [0.29, 0.717) is 24.8 Å². The summed E-state index contributed by atoms with van der Waals surface area (Å²) in [5, 5.41) is 8.90. The molecule has 0 saturated heterocycles. The third-order valence-corrected chi connectivity index (χ3v) is 5.62. The standard InChI is InChI=1S/C27H34N4O4/c32-27(33)25-20-30-24(19-31-25)22-11-13-23(14-12-22)34-17-9-7-5-3-1-2-4-6-8-10-18-35-26-21-28-15-16-29-26/h11-16,19-21H,1-10,17-18H2,(H,32,33). The first kappa shape index (κ1) is 26.1. The molecular weight excluding hydrogens is 444 g/mol. The van der Waals surface area contributed by atoms with Crippen LogP contribution in [-0.4, -0.2) is 44.2 Å². The number of carboxylic acid groups (broad SMARTS) is 1. The van der Waals surface area contributed by atoms with Crippen molar-refractivity contribution in [3.63, 3.8) is 0 Å². The van der Waals surface area contributed by atoms with Gasteiger partial charge in [-0.3, -0.25) is 9.97 Å². The Morgan fingerprint density at radius 1 is 0.686 bits per heavy atom. The Morgan fingerprint density at radius 3 is 1.86 bits per heavy atom. The Balaban J connectivity index is 1.14. The summed E-state index contributed by atoms with van der Waals surface area (Å²) in [6.07, 6.45) is 19.9. The molecule has 8 nitrogen and oxygen atoms in total. The molecule has 2 aromatic heterocycles. The van der Waals surface area contributed by atoms with E-state index >= 15 is 0 Å². The minimum absolute atomic E-state index is 0.0641. The summed E-state index contributed by atoms with van der Waals surface area (Å²) < 4.78 is 11.4. The fourth-order valence-electron chi connectivity index (χ4n) is 3.65. The van der Waals surface area contributed by atoms with Crippen molar-refractivity contribution in [1.29, 1.82) is 0 Å². The van der Waals surface area contributed by atoms with Crippen molar-refractivity contribution in [2.45, 2.75) is 64.2 Å². The Bertz CT molecular complexity index is 982. The highest BCUT2D eigenvalue weighted by atomic mass is 16.5. The zero-order valence-electron chi connectivity index (χ0n) is 20.1. The van der Waals surface area contributed by atoms with Crippen molar-refractivity contribution >= 4 is 5.97 Å². The van der Waals surface area contributed by atoms with Gasteiger partial charge in [-0.25, -0.2) is 14.8 Å². The summed E-state index contributed by atoms with van der Waals surface area (Å²) in [4.78, 5) is 27.0. The van der Waals surface area contributed by atoms with Crippen LogP contribution in [0.2, 0.25) is 0 Å². The highest BCUT2D eigenvalue weighted by Crippen LogP contribution is 2.20. The van der Waals surface area contributed by atoms with Crippen molar-refractivity contribution < 1.29 is 19.4 Å². The Labute approximate surface area is 206 Å². The van der Waals surface area contributed by atoms with Gasteiger partial charge in [-0.05, 0) is 37.1 Å². The van der Waals surface area contributed by atoms with E-state index in [-0.39, 0.29) is 5.69 Å². The molecule has 35 heavy (non-hydrogen) atoms. The number of aromatic nitrogens is 4. The van der Waals surface area contributed by atoms with E-state index < -0.39 is 5.97 Å². The Kier molecular flexibility index (Phi) is 11.4. The maximum absolute atomic E-state index is 10.9. The first-order valence-electron chi connectivity index (χ1n) is 12.4. The van der Waals surface area contributed by atoms with Crippen LogP contribution < -0.4 is 9.47 Å². The first-order chi connectivity index (χ1) is 17.2. The third-order valence-electron chi connectivity index (χ3n) is 5.62. The molecule has 0 atom stereocenters. The van der Waals surface area contributed by atoms with Crippen LogP contribution in [0.5, 0.6) is 11.6 Å². The fourth-order valence-corrected chi connectivity index (χ4v) is 3.65. The number of carbonyl (C=O) groups is 1. The van der Waals surface area contributed by atoms with Crippen molar-refractivity contribution in [3.05, 3.63) is 60.9 Å². The van der Waals surface area contributed by atoms with Crippen LogP contribution in [0.3, 0.4) is 0 Å². The van der Waals surface area contributed by atoms with Crippen LogP contribution in [0.25, 0.3) is 11.3 Å². The Hall–Kier alpha value is -3.55. The zero-order chi connectivity index (χ0) is 24.6. The van der Waals surface area contributed by atoms with E-state index in [1.165, 1.54) is 63.8 Å². The first-order valence-corrected chi connectivity index (χ1v) is 12.4. The molecule has 0 unspecified atom stereocenters. The molecule has 0 saturated carbocycles. The molecule has 8 heteroatoms. The quantitative estimate of drug-likeness (QED) is 0.236. The smallest absolute Gasteiger partial charge is 0.356 e. The second kappa shape index (κ2) is 15.4. The molecule has 0 amide bonds. The van der Waals surface area contributed by atoms with Crippen LogP contribution in [0, 0.1) is 0 Å². The lowest BCUT2D eigenvalue weighted by atomic mass is 10.1. The van der Waals surface area contributed by atoms with Gasteiger partial charge in [0.2, 0.25) is 5.88 Å². The maximum Gasteiger partial charge on any atom is 0.356 e. The highest BCUT2D eigenvalue weighted by Gasteiger charge is 2.06. The van der Waals surface area contributed by atoms with Crippen LogP contribution in [0.1, 0.15) is 74.7 Å².